The predicted molar refractivity (Wildman–Crippen MR) is 78.7 cm³/mol. The normalized spacial score (nSPS) is 20.9. The van der Waals surface area contributed by atoms with Crippen LogP contribution in [0.2, 0.25) is 0 Å². The minimum atomic E-state index is -0.728. The zero-order chi connectivity index (χ0) is 16.4. The Labute approximate surface area is 127 Å². The molecule has 22 heavy (non-hydrogen) atoms. The molecule has 0 N–H and O–H groups in total. The Balaban J connectivity index is 2.44. The maximum Gasteiger partial charge on any atom is 0.277 e. The van der Waals surface area contributed by atoms with Gasteiger partial charge in [0, 0.05) is 24.2 Å². The standard InChI is InChI=1S/C14H17N3O5/c1-3-11-5-4-9(2)15(11)14(18)10-6-12(16(19)20)8-13(7-10)17(21)22/h6-9,11H,3-5H2,1-2H3/t9-,11+/m0/s1. The smallest absolute Gasteiger partial charge is 0.277 e. The molecule has 0 bridgehead atoms. The molecule has 0 aliphatic carbocycles. The summed E-state index contributed by atoms with van der Waals surface area (Å²) in [5, 5.41) is 21.8. The second-order valence-electron chi connectivity index (χ2n) is 5.45. The highest BCUT2D eigenvalue weighted by atomic mass is 16.6. The summed E-state index contributed by atoms with van der Waals surface area (Å²) in [6.07, 6.45) is 2.52. The quantitative estimate of drug-likeness (QED) is 0.628. The molecule has 1 aromatic carbocycles. The number of likely N-dealkylation sites (tertiary alicyclic amines) is 1. The fraction of sp³-hybridized carbons (Fsp3) is 0.500. The Bertz CT molecular complexity index is 599. The number of hydrogen-bond acceptors (Lipinski definition) is 5. The van der Waals surface area contributed by atoms with Crippen LogP contribution in [-0.4, -0.2) is 32.7 Å². The third-order valence-corrected chi connectivity index (χ3v) is 4.06. The molecule has 1 amide bonds. The first-order valence-electron chi connectivity index (χ1n) is 7.11. The van der Waals surface area contributed by atoms with Crippen LogP contribution in [0.25, 0.3) is 0 Å². The van der Waals surface area contributed by atoms with Crippen LogP contribution in [0.1, 0.15) is 43.5 Å². The van der Waals surface area contributed by atoms with Gasteiger partial charge in [0.05, 0.1) is 21.5 Å². The second-order valence-corrected chi connectivity index (χ2v) is 5.45. The molecule has 118 valence electrons. The Kier molecular flexibility index (Phi) is 4.39. The molecule has 0 aromatic heterocycles. The lowest BCUT2D eigenvalue weighted by atomic mass is 10.1. The molecule has 0 radical (unpaired) electrons. The summed E-state index contributed by atoms with van der Waals surface area (Å²) in [6, 6.07) is 3.17. The van der Waals surface area contributed by atoms with Gasteiger partial charge >= 0.3 is 0 Å². The van der Waals surface area contributed by atoms with Crippen molar-refractivity contribution in [3.63, 3.8) is 0 Å². The van der Waals surface area contributed by atoms with Gasteiger partial charge in [-0.3, -0.25) is 25.0 Å². The third kappa shape index (κ3) is 2.90. The predicted octanol–water partition coefficient (Wildman–Crippen LogP) is 2.91. The second kappa shape index (κ2) is 6.08. The lowest BCUT2D eigenvalue weighted by molar-refractivity contribution is -0.394. The summed E-state index contributed by atoms with van der Waals surface area (Å²) >= 11 is 0. The first-order valence-corrected chi connectivity index (χ1v) is 7.11. The Hall–Kier alpha value is -2.51. The van der Waals surface area contributed by atoms with E-state index in [-0.39, 0.29) is 23.6 Å². The number of amides is 1. The van der Waals surface area contributed by atoms with Crippen LogP contribution in [-0.2, 0) is 0 Å². The van der Waals surface area contributed by atoms with Crippen molar-refractivity contribution in [1.29, 1.82) is 0 Å². The van der Waals surface area contributed by atoms with Gasteiger partial charge in [0.25, 0.3) is 17.3 Å². The number of nitrogens with zero attached hydrogens (tertiary/aromatic N) is 3. The number of carbonyl (C=O) groups is 1. The van der Waals surface area contributed by atoms with Gasteiger partial charge < -0.3 is 4.90 Å². The average Bonchev–Trinajstić information content (AvgIpc) is 2.86. The lowest BCUT2D eigenvalue weighted by Crippen LogP contribution is -2.39. The van der Waals surface area contributed by atoms with Gasteiger partial charge in [0.15, 0.2) is 0 Å². The zero-order valence-corrected chi connectivity index (χ0v) is 12.4. The minimum Gasteiger partial charge on any atom is -0.333 e. The molecule has 1 fully saturated rings. The number of carbonyl (C=O) groups excluding carboxylic acids is 1. The van der Waals surface area contributed by atoms with E-state index in [1.165, 1.54) is 0 Å². The maximum atomic E-state index is 12.7. The van der Waals surface area contributed by atoms with Crippen molar-refractivity contribution < 1.29 is 14.6 Å². The summed E-state index contributed by atoms with van der Waals surface area (Å²) in [4.78, 5) is 34.7. The number of rotatable bonds is 4. The monoisotopic (exact) mass is 307 g/mol. The maximum absolute atomic E-state index is 12.7. The zero-order valence-electron chi connectivity index (χ0n) is 12.4. The third-order valence-electron chi connectivity index (χ3n) is 4.06. The first-order chi connectivity index (χ1) is 10.3. The molecule has 8 nitrogen and oxygen atoms in total. The van der Waals surface area contributed by atoms with Crippen LogP contribution in [0, 0.1) is 20.2 Å². The molecule has 2 atom stereocenters. The first kappa shape index (κ1) is 15.9. The van der Waals surface area contributed by atoms with Crippen molar-refractivity contribution in [1.82, 2.24) is 4.90 Å². The summed E-state index contributed by atoms with van der Waals surface area (Å²) in [5.74, 6) is -0.386. The van der Waals surface area contributed by atoms with E-state index < -0.39 is 21.2 Å². The van der Waals surface area contributed by atoms with E-state index in [0.29, 0.717) is 0 Å². The van der Waals surface area contributed by atoms with Crippen molar-refractivity contribution in [2.45, 2.75) is 45.2 Å². The molecule has 0 saturated carbocycles. The van der Waals surface area contributed by atoms with Crippen LogP contribution >= 0.6 is 0 Å². The molecular weight excluding hydrogens is 290 g/mol. The van der Waals surface area contributed by atoms with E-state index in [0.717, 1.165) is 37.5 Å². The molecule has 0 spiro atoms. The van der Waals surface area contributed by atoms with Gasteiger partial charge in [-0.05, 0) is 26.2 Å². The number of nitro groups is 2. The lowest BCUT2D eigenvalue weighted by Gasteiger charge is -2.28. The Morgan fingerprint density at radius 1 is 1.18 bits per heavy atom. The number of hydrogen-bond donors (Lipinski definition) is 0. The topological polar surface area (TPSA) is 107 Å². The fourth-order valence-corrected chi connectivity index (χ4v) is 2.92. The number of nitro benzene ring substituents is 2. The van der Waals surface area contributed by atoms with Gasteiger partial charge in [0.1, 0.15) is 0 Å². The van der Waals surface area contributed by atoms with Crippen LogP contribution in [0.5, 0.6) is 0 Å². The van der Waals surface area contributed by atoms with E-state index in [1.54, 1.807) is 4.90 Å². The van der Waals surface area contributed by atoms with Crippen LogP contribution in [0.15, 0.2) is 18.2 Å². The summed E-state index contributed by atoms with van der Waals surface area (Å²) in [7, 11) is 0. The highest BCUT2D eigenvalue weighted by Gasteiger charge is 2.34. The van der Waals surface area contributed by atoms with E-state index in [9.17, 15) is 25.0 Å². The molecule has 2 rings (SSSR count). The Morgan fingerprint density at radius 2 is 1.73 bits per heavy atom. The summed E-state index contributed by atoms with van der Waals surface area (Å²) in [5.41, 5.74) is -0.900. The SMILES string of the molecule is CC[C@@H]1CC[C@H](C)N1C(=O)c1cc([N+](=O)[O-])cc([N+](=O)[O-])c1. The van der Waals surface area contributed by atoms with Crippen molar-refractivity contribution in [3.05, 3.63) is 44.0 Å². The van der Waals surface area contributed by atoms with Crippen LogP contribution < -0.4 is 0 Å². The van der Waals surface area contributed by atoms with E-state index in [4.69, 9.17) is 0 Å². The van der Waals surface area contributed by atoms with Crippen molar-refractivity contribution in [2.75, 3.05) is 0 Å². The Morgan fingerprint density at radius 3 is 2.18 bits per heavy atom. The highest BCUT2D eigenvalue weighted by Crippen LogP contribution is 2.30. The number of non-ortho nitro benzene ring substituents is 2. The van der Waals surface area contributed by atoms with E-state index in [2.05, 4.69) is 0 Å². The van der Waals surface area contributed by atoms with E-state index in [1.807, 2.05) is 13.8 Å². The molecule has 1 saturated heterocycles. The molecule has 1 aromatic rings. The van der Waals surface area contributed by atoms with Gasteiger partial charge in [0.2, 0.25) is 0 Å². The summed E-state index contributed by atoms with van der Waals surface area (Å²) in [6.45, 7) is 3.89. The number of benzene rings is 1. The molecule has 0 unspecified atom stereocenters. The summed E-state index contributed by atoms with van der Waals surface area (Å²) < 4.78 is 0. The fourth-order valence-electron chi connectivity index (χ4n) is 2.92. The van der Waals surface area contributed by atoms with Crippen LogP contribution in [0.3, 0.4) is 0 Å². The van der Waals surface area contributed by atoms with Gasteiger partial charge in [-0.25, -0.2) is 0 Å². The largest absolute Gasteiger partial charge is 0.333 e. The van der Waals surface area contributed by atoms with E-state index >= 15 is 0 Å². The average molecular weight is 307 g/mol. The van der Waals surface area contributed by atoms with Gasteiger partial charge in [-0.15, -0.1) is 0 Å². The van der Waals surface area contributed by atoms with Gasteiger partial charge in [-0.1, -0.05) is 6.92 Å². The van der Waals surface area contributed by atoms with Gasteiger partial charge in [-0.2, -0.15) is 0 Å². The highest BCUT2D eigenvalue weighted by molar-refractivity contribution is 5.96. The minimum absolute atomic E-state index is 0.00639. The molecule has 1 aliphatic rings. The molecule has 1 aliphatic heterocycles. The molecule has 8 heteroatoms. The van der Waals surface area contributed by atoms with Crippen molar-refractivity contribution in [3.8, 4) is 0 Å². The van der Waals surface area contributed by atoms with Crippen molar-refractivity contribution in [2.24, 2.45) is 0 Å². The van der Waals surface area contributed by atoms with Crippen molar-refractivity contribution >= 4 is 17.3 Å². The molecular formula is C14H17N3O5. The molecule has 1 heterocycles. The van der Waals surface area contributed by atoms with Crippen LogP contribution in [0.4, 0.5) is 11.4 Å².